The fourth-order valence-electron chi connectivity index (χ4n) is 2.79. The molecule has 1 atom stereocenters. The van der Waals surface area contributed by atoms with Crippen molar-refractivity contribution in [1.29, 1.82) is 0 Å². The summed E-state index contributed by atoms with van der Waals surface area (Å²) in [6.45, 7) is 9.98. The average molecular weight is 280 g/mol. The normalized spacial score (nSPS) is 21.8. The minimum atomic E-state index is 0.279. The summed E-state index contributed by atoms with van der Waals surface area (Å²) in [7, 11) is 2.18. The molecule has 1 aromatic rings. The number of hydrogen-bond acceptors (Lipinski definition) is 4. The van der Waals surface area contributed by atoms with Crippen LogP contribution in [0.5, 0.6) is 0 Å². The highest BCUT2D eigenvalue weighted by Crippen LogP contribution is 2.21. The molecule has 1 saturated heterocycles. The molecule has 1 unspecified atom stereocenters. The Bertz CT molecular complexity index is 455. The van der Waals surface area contributed by atoms with Crippen molar-refractivity contribution in [1.82, 2.24) is 9.80 Å². The van der Waals surface area contributed by atoms with Gasteiger partial charge in [-0.1, -0.05) is 6.92 Å². The Morgan fingerprint density at radius 1 is 1.42 bits per heavy atom. The second kappa shape index (κ2) is 6.16. The lowest BCUT2D eigenvalue weighted by Gasteiger charge is -2.38. The van der Waals surface area contributed by atoms with E-state index in [-0.39, 0.29) is 5.78 Å². The van der Waals surface area contributed by atoms with Gasteiger partial charge in [0, 0.05) is 41.0 Å². The molecule has 2 rings (SSSR count). The van der Waals surface area contributed by atoms with Crippen molar-refractivity contribution in [3.63, 3.8) is 0 Å². The zero-order chi connectivity index (χ0) is 14.0. The molecular weight excluding hydrogens is 256 g/mol. The number of hydrogen-bond donors (Lipinski definition) is 0. The van der Waals surface area contributed by atoms with Crippen LogP contribution in [0, 0.1) is 13.8 Å². The molecule has 0 aromatic carbocycles. The average Bonchev–Trinajstić information content (AvgIpc) is 2.71. The van der Waals surface area contributed by atoms with E-state index in [0.717, 1.165) is 36.5 Å². The molecular formula is C15H24N2OS. The second-order valence-corrected chi connectivity index (χ2v) is 6.99. The first-order valence-electron chi connectivity index (χ1n) is 7.04. The summed E-state index contributed by atoms with van der Waals surface area (Å²) in [5.74, 6) is 0.279. The van der Waals surface area contributed by atoms with E-state index in [1.54, 1.807) is 11.3 Å². The van der Waals surface area contributed by atoms with Gasteiger partial charge in [-0.25, -0.2) is 0 Å². The predicted molar refractivity (Wildman–Crippen MR) is 81.3 cm³/mol. The summed E-state index contributed by atoms with van der Waals surface area (Å²) in [6.07, 6.45) is 1.15. The Kier molecular flexibility index (Phi) is 4.76. The maximum Gasteiger partial charge on any atom is 0.177 e. The van der Waals surface area contributed by atoms with E-state index >= 15 is 0 Å². The van der Waals surface area contributed by atoms with Gasteiger partial charge in [-0.3, -0.25) is 9.69 Å². The van der Waals surface area contributed by atoms with Crippen molar-refractivity contribution >= 4 is 17.1 Å². The maximum atomic E-state index is 12.4. The number of carbonyl (C=O) groups is 1. The van der Waals surface area contributed by atoms with Crippen LogP contribution in [0.2, 0.25) is 0 Å². The third-order valence-corrected chi connectivity index (χ3v) is 5.01. The van der Waals surface area contributed by atoms with Gasteiger partial charge in [0.1, 0.15) is 0 Å². The van der Waals surface area contributed by atoms with Crippen LogP contribution >= 0.6 is 11.3 Å². The zero-order valence-corrected chi connectivity index (χ0v) is 13.2. The van der Waals surface area contributed by atoms with E-state index < -0.39 is 0 Å². The van der Waals surface area contributed by atoms with Gasteiger partial charge in [-0.05, 0) is 33.4 Å². The van der Waals surface area contributed by atoms with Crippen LogP contribution in [-0.2, 0) is 0 Å². The molecule has 0 radical (unpaired) electrons. The summed E-state index contributed by atoms with van der Waals surface area (Å²) >= 11 is 1.72. The number of ketones is 1. The zero-order valence-electron chi connectivity index (χ0n) is 12.4. The third kappa shape index (κ3) is 3.44. The molecule has 0 N–H and O–H groups in total. The SMILES string of the molecule is CCC1CN(CC(=O)c2cc(C)sc2C)CCN1C. The van der Waals surface area contributed by atoms with Crippen LogP contribution in [-0.4, -0.2) is 54.9 Å². The number of thiophene rings is 1. The van der Waals surface area contributed by atoms with E-state index in [0.29, 0.717) is 12.6 Å². The number of piperazine rings is 1. The van der Waals surface area contributed by atoms with Gasteiger partial charge in [0.15, 0.2) is 5.78 Å². The topological polar surface area (TPSA) is 23.6 Å². The molecule has 0 aliphatic carbocycles. The molecule has 0 amide bonds. The van der Waals surface area contributed by atoms with E-state index in [1.807, 2.05) is 13.0 Å². The van der Waals surface area contributed by atoms with Gasteiger partial charge in [0.05, 0.1) is 6.54 Å². The van der Waals surface area contributed by atoms with Crippen molar-refractivity contribution in [3.8, 4) is 0 Å². The maximum absolute atomic E-state index is 12.4. The Morgan fingerprint density at radius 3 is 2.74 bits per heavy atom. The Morgan fingerprint density at radius 2 is 2.16 bits per heavy atom. The first-order valence-corrected chi connectivity index (χ1v) is 7.85. The Labute approximate surface area is 120 Å². The number of likely N-dealkylation sites (N-methyl/N-ethyl adjacent to an activating group) is 1. The molecule has 19 heavy (non-hydrogen) atoms. The molecule has 2 heterocycles. The number of rotatable bonds is 4. The largest absolute Gasteiger partial charge is 0.301 e. The van der Waals surface area contributed by atoms with Crippen molar-refractivity contribution in [3.05, 3.63) is 21.4 Å². The molecule has 1 aliphatic rings. The van der Waals surface area contributed by atoms with Crippen LogP contribution < -0.4 is 0 Å². The fourth-order valence-corrected chi connectivity index (χ4v) is 3.73. The van der Waals surface area contributed by atoms with Crippen LogP contribution in [0.25, 0.3) is 0 Å². The molecule has 1 fully saturated rings. The van der Waals surface area contributed by atoms with Crippen molar-refractivity contribution in [2.24, 2.45) is 0 Å². The number of aryl methyl sites for hydroxylation is 2. The van der Waals surface area contributed by atoms with E-state index in [2.05, 4.69) is 30.7 Å². The lowest BCUT2D eigenvalue weighted by Crippen LogP contribution is -2.52. The quantitative estimate of drug-likeness (QED) is 0.792. The molecule has 1 aliphatic heterocycles. The summed E-state index contributed by atoms with van der Waals surface area (Å²) < 4.78 is 0. The smallest absolute Gasteiger partial charge is 0.177 e. The van der Waals surface area contributed by atoms with Gasteiger partial charge in [0.2, 0.25) is 0 Å². The summed E-state index contributed by atoms with van der Waals surface area (Å²) in [6, 6.07) is 2.63. The summed E-state index contributed by atoms with van der Waals surface area (Å²) in [5, 5.41) is 0. The number of Topliss-reactive ketones (excluding diaryl/α,β-unsaturated/α-hetero) is 1. The number of nitrogens with zero attached hydrogens (tertiary/aromatic N) is 2. The van der Waals surface area contributed by atoms with E-state index in [4.69, 9.17) is 0 Å². The molecule has 1 aromatic heterocycles. The highest BCUT2D eigenvalue weighted by atomic mass is 32.1. The molecule has 0 bridgehead atoms. The molecule has 0 saturated carbocycles. The third-order valence-electron chi connectivity index (χ3n) is 4.04. The number of carbonyl (C=O) groups excluding carboxylic acids is 1. The minimum absolute atomic E-state index is 0.279. The van der Waals surface area contributed by atoms with Crippen molar-refractivity contribution in [2.45, 2.75) is 33.2 Å². The van der Waals surface area contributed by atoms with Crippen molar-refractivity contribution < 1.29 is 4.79 Å². The summed E-state index contributed by atoms with van der Waals surface area (Å²) in [4.78, 5) is 19.5. The molecule has 4 heteroatoms. The fraction of sp³-hybridized carbons (Fsp3) is 0.667. The Hall–Kier alpha value is -0.710. The van der Waals surface area contributed by atoms with E-state index in [1.165, 1.54) is 4.88 Å². The monoisotopic (exact) mass is 280 g/mol. The van der Waals surface area contributed by atoms with Gasteiger partial charge in [0.25, 0.3) is 0 Å². The highest BCUT2D eigenvalue weighted by Gasteiger charge is 2.25. The molecule has 3 nitrogen and oxygen atoms in total. The second-order valence-electron chi connectivity index (χ2n) is 5.53. The first-order chi connectivity index (χ1) is 9.01. The first kappa shape index (κ1) is 14.7. The van der Waals surface area contributed by atoms with E-state index in [9.17, 15) is 4.79 Å². The lowest BCUT2D eigenvalue weighted by molar-refractivity contribution is 0.0743. The van der Waals surface area contributed by atoms with Crippen LogP contribution in [0.4, 0.5) is 0 Å². The van der Waals surface area contributed by atoms with Gasteiger partial charge < -0.3 is 4.90 Å². The Balaban J connectivity index is 1.98. The van der Waals surface area contributed by atoms with Crippen molar-refractivity contribution in [2.75, 3.05) is 33.2 Å². The minimum Gasteiger partial charge on any atom is -0.301 e. The highest BCUT2D eigenvalue weighted by molar-refractivity contribution is 7.12. The molecule has 106 valence electrons. The lowest BCUT2D eigenvalue weighted by atomic mass is 10.1. The van der Waals surface area contributed by atoms with Gasteiger partial charge in [-0.15, -0.1) is 11.3 Å². The van der Waals surface area contributed by atoms with Gasteiger partial charge in [-0.2, -0.15) is 0 Å². The standard InChI is InChI=1S/C15H24N2OS/c1-5-13-9-17(7-6-16(13)4)10-15(18)14-8-11(2)19-12(14)3/h8,13H,5-7,9-10H2,1-4H3. The van der Waals surface area contributed by atoms with Crippen LogP contribution in [0.1, 0.15) is 33.5 Å². The molecule has 0 spiro atoms. The summed E-state index contributed by atoms with van der Waals surface area (Å²) in [5.41, 5.74) is 0.925. The predicted octanol–water partition coefficient (Wildman–Crippen LogP) is 2.57. The van der Waals surface area contributed by atoms with Crippen LogP contribution in [0.3, 0.4) is 0 Å². The van der Waals surface area contributed by atoms with Crippen LogP contribution in [0.15, 0.2) is 6.07 Å². The van der Waals surface area contributed by atoms with Gasteiger partial charge >= 0.3 is 0 Å².